The molecule has 7 heteroatoms. The van der Waals surface area contributed by atoms with Crippen LogP contribution in [0.5, 0.6) is 0 Å². The van der Waals surface area contributed by atoms with Gasteiger partial charge in [-0.15, -0.1) is 0 Å². The fourth-order valence-corrected chi connectivity index (χ4v) is 2.55. The first kappa shape index (κ1) is 14.6. The van der Waals surface area contributed by atoms with E-state index < -0.39 is 0 Å². The number of carbonyl (C=O) groups excluding carboxylic acids is 1. The van der Waals surface area contributed by atoms with Crippen molar-refractivity contribution in [3.63, 3.8) is 0 Å². The number of carbonyl (C=O) groups is 1. The molecule has 1 saturated heterocycles. The highest BCUT2D eigenvalue weighted by molar-refractivity contribution is 5.74. The van der Waals surface area contributed by atoms with Gasteiger partial charge in [0.2, 0.25) is 0 Å². The van der Waals surface area contributed by atoms with E-state index in [0.29, 0.717) is 6.54 Å². The van der Waals surface area contributed by atoms with Gasteiger partial charge in [0.1, 0.15) is 5.76 Å². The lowest BCUT2D eigenvalue weighted by Gasteiger charge is -2.34. The van der Waals surface area contributed by atoms with Crippen molar-refractivity contribution in [2.45, 2.75) is 13.1 Å². The van der Waals surface area contributed by atoms with E-state index in [1.54, 1.807) is 18.8 Å². The quantitative estimate of drug-likeness (QED) is 0.895. The number of rotatable bonds is 5. The maximum Gasteiger partial charge on any atom is 0.317 e. The van der Waals surface area contributed by atoms with Gasteiger partial charge in [0.05, 0.1) is 19.1 Å². The molecule has 2 aromatic heterocycles. The Morgan fingerprint density at radius 1 is 1.32 bits per heavy atom. The minimum absolute atomic E-state index is 0.0118. The zero-order chi connectivity index (χ0) is 15.2. The number of nitrogens with one attached hydrogen (secondary N) is 1. The predicted octanol–water partition coefficient (Wildman–Crippen LogP) is 1.00. The summed E-state index contributed by atoms with van der Waals surface area (Å²) in [6.45, 7) is 5.40. The Kier molecular flexibility index (Phi) is 4.75. The van der Waals surface area contributed by atoms with Crippen LogP contribution in [0, 0.1) is 0 Å². The van der Waals surface area contributed by atoms with Crippen LogP contribution >= 0.6 is 0 Å². The molecule has 0 aliphatic carbocycles. The highest BCUT2D eigenvalue weighted by atomic mass is 16.3. The third-order valence-electron chi connectivity index (χ3n) is 3.82. The van der Waals surface area contributed by atoms with Crippen LogP contribution in [-0.2, 0) is 13.1 Å². The summed E-state index contributed by atoms with van der Waals surface area (Å²) in [7, 11) is 0. The van der Waals surface area contributed by atoms with Gasteiger partial charge in [-0.3, -0.25) is 4.90 Å². The average molecular weight is 303 g/mol. The molecule has 0 radical (unpaired) electrons. The minimum Gasteiger partial charge on any atom is -0.468 e. The monoisotopic (exact) mass is 303 g/mol. The van der Waals surface area contributed by atoms with E-state index in [2.05, 4.69) is 15.2 Å². The largest absolute Gasteiger partial charge is 0.468 e. The van der Waals surface area contributed by atoms with Crippen LogP contribution in [0.4, 0.5) is 4.79 Å². The van der Waals surface area contributed by atoms with Crippen molar-refractivity contribution < 1.29 is 9.21 Å². The SMILES string of the molecule is O=C(NCCn1ccnc1)N1CCN(Cc2ccco2)CC1. The lowest BCUT2D eigenvalue weighted by Crippen LogP contribution is -2.51. The van der Waals surface area contributed by atoms with Gasteiger partial charge in [0.25, 0.3) is 0 Å². The van der Waals surface area contributed by atoms with Gasteiger partial charge in [-0.25, -0.2) is 9.78 Å². The molecule has 1 fully saturated rings. The second-order valence-electron chi connectivity index (χ2n) is 5.37. The molecule has 7 nitrogen and oxygen atoms in total. The highest BCUT2D eigenvalue weighted by Crippen LogP contribution is 2.08. The molecule has 0 spiro atoms. The summed E-state index contributed by atoms with van der Waals surface area (Å²) in [6.07, 6.45) is 7.07. The summed E-state index contributed by atoms with van der Waals surface area (Å²) < 4.78 is 7.30. The van der Waals surface area contributed by atoms with Crippen LogP contribution in [-0.4, -0.2) is 58.1 Å². The Morgan fingerprint density at radius 3 is 2.86 bits per heavy atom. The average Bonchev–Trinajstić information content (AvgIpc) is 3.21. The van der Waals surface area contributed by atoms with Crippen molar-refractivity contribution in [2.24, 2.45) is 0 Å². The maximum absolute atomic E-state index is 12.1. The van der Waals surface area contributed by atoms with Gasteiger partial charge in [-0.2, -0.15) is 0 Å². The number of aromatic nitrogens is 2. The fourth-order valence-electron chi connectivity index (χ4n) is 2.55. The Morgan fingerprint density at radius 2 is 2.18 bits per heavy atom. The van der Waals surface area contributed by atoms with E-state index >= 15 is 0 Å². The van der Waals surface area contributed by atoms with Crippen LogP contribution in [0.3, 0.4) is 0 Å². The zero-order valence-corrected chi connectivity index (χ0v) is 12.5. The first-order valence-electron chi connectivity index (χ1n) is 7.54. The third kappa shape index (κ3) is 3.88. The Hall–Kier alpha value is -2.28. The standard InChI is InChI=1S/C15H21N5O2/c21-15(17-4-6-19-5-3-16-13-19)20-9-7-18(8-10-20)12-14-2-1-11-22-14/h1-3,5,11,13H,4,6-10,12H2,(H,17,21). The zero-order valence-electron chi connectivity index (χ0n) is 12.5. The molecular formula is C15H21N5O2. The Labute approximate surface area is 129 Å². The summed E-state index contributed by atoms with van der Waals surface area (Å²) in [5.74, 6) is 0.971. The number of piperazine rings is 1. The van der Waals surface area contributed by atoms with E-state index in [1.165, 1.54) is 0 Å². The molecule has 2 aromatic rings. The maximum atomic E-state index is 12.1. The van der Waals surface area contributed by atoms with E-state index in [9.17, 15) is 4.79 Å². The molecule has 22 heavy (non-hydrogen) atoms. The Balaban J connectivity index is 1.36. The number of hydrogen-bond acceptors (Lipinski definition) is 4. The van der Waals surface area contributed by atoms with Crippen LogP contribution in [0.25, 0.3) is 0 Å². The second kappa shape index (κ2) is 7.13. The van der Waals surface area contributed by atoms with Gasteiger partial charge < -0.3 is 19.2 Å². The minimum atomic E-state index is 0.0118. The molecule has 118 valence electrons. The van der Waals surface area contributed by atoms with Crippen molar-refractivity contribution in [2.75, 3.05) is 32.7 Å². The number of urea groups is 1. The lowest BCUT2D eigenvalue weighted by molar-refractivity contribution is 0.130. The molecule has 1 aliphatic heterocycles. The predicted molar refractivity (Wildman–Crippen MR) is 81.2 cm³/mol. The first-order chi connectivity index (χ1) is 10.8. The second-order valence-corrected chi connectivity index (χ2v) is 5.37. The van der Waals surface area contributed by atoms with Gasteiger partial charge in [-0.05, 0) is 12.1 Å². The van der Waals surface area contributed by atoms with Crippen molar-refractivity contribution in [3.8, 4) is 0 Å². The van der Waals surface area contributed by atoms with E-state index in [0.717, 1.165) is 45.0 Å². The molecule has 2 amide bonds. The highest BCUT2D eigenvalue weighted by Gasteiger charge is 2.21. The summed E-state index contributed by atoms with van der Waals surface area (Å²) >= 11 is 0. The van der Waals surface area contributed by atoms with Crippen molar-refractivity contribution in [1.29, 1.82) is 0 Å². The van der Waals surface area contributed by atoms with E-state index in [4.69, 9.17) is 4.42 Å². The molecule has 0 aromatic carbocycles. The van der Waals surface area contributed by atoms with Crippen molar-refractivity contribution >= 4 is 6.03 Å². The normalized spacial score (nSPS) is 15.9. The molecule has 1 aliphatic rings. The Bertz CT molecular complexity index is 559. The third-order valence-corrected chi connectivity index (χ3v) is 3.82. The molecule has 3 heterocycles. The molecule has 0 atom stereocenters. The molecule has 0 unspecified atom stereocenters. The number of amides is 2. The van der Waals surface area contributed by atoms with Gasteiger partial charge in [0, 0.05) is 51.7 Å². The number of furan rings is 1. The number of imidazole rings is 1. The number of nitrogens with zero attached hydrogens (tertiary/aromatic N) is 4. The van der Waals surface area contributed by atoms with Gasteiger partial charge in [-0.1, -0.05) is 0 Å². The van der Waals surface area contributed by atoms with Crippen molar-refractivity contribution in [3.05, 3.63) is 42.9 Å². The first-order valence-corrected chi connectivity index (χ1v) is 7.54. The summed E-state index contributed by atoms with van der Waals surface area (Å²) in [4.78, 5) is 20.2. The fraction of sp³-hybridized carbons (Fsp3) is 0.467. The molecular weight excluding hydrogens is 282 g/mol. The molecule has 0 saturated carbocycles. The smallest absolute Gasteiger partial charge is 0.317 e. The van der Waals surface area contributed by atoms with Crippen LogP contribution in [0.15, 0.2) is 41.5 Å². The van der Waals surface area contributed by atoms with Crippen LogP contribution < -0.4 is 5.32 Å². The summed E-state index contributed by atoms with van der Waals surface area (Å²) in [5.41, 5.74) is 0. The number of hydrogen-bond donors (Lipinski definition) is 1. The summed E-state index contributed by atoms with van der Waals surface area (Å²) in [5, 5.41) is 2.95. The van der Waals surface area contributed by atoms with E-state index in [1.807, 2.05) is 27.8 Å². The summed E-state index contributed by atoms with van der Waals surface area (Å²) in [6, 6.07) is 3.90. The molecule has 1 N–H and O–H groups in total. The van der Waals surface area contributed by atoms with E-state index in [-0.39, 0.29) is 6.03 Å². The topological polar surface area (TPSA) is 66.5 Å². The van der Waals surface area contributed by atoms with Gasteiger partial charge in [0.15, 0.2) is 0 Å². The lowest BCUT2D eigenvalue weighted by atomic mass is 10.3. The molecule has 0 bridgehead atoms. The van der Waals surface area contributed by atoms with Crippen LogP contribution in [0.2, 0.25) is 0 Å². The van der Waals surface area contributed by atoms with Gasteiger partial charge >= 0.3 is 6.03 Å². The molecule has 3 rings (SSSR count). The van der Waals surface area contributed by atoms with Crippen LogP contribution in [0.1, 0.15) is 5.76 Å². The van der Waals surface area contributed by atoms with Crippen molar-refractivity contribution in [1.82, 2.24) is 24.7 Å².